The van der Waals surface area contributed by atoms with E-state index in [-0.39, 0.29) is 22.4 Å². The molecule has 1 saturated carbocycles. The molecule has 0 aromatic heterocycles. The standard InChI is InChI=1S/C17H24FNO2/c1-16(2)8-12(9-17(3,4)10-16)19-11-5-6-13(15(20)21)14(18)7-11/h5-7,12,19H,8-10H2,1-4H3,(H,20,21). The van der Waals surface area contributed by atoms with Gasteiger partial charge in [0.05, 0.1) is 5.56 Å². The summed E-state index contributed by atoms with van der Waals surface area (Å²) >= 11 is 0. The fraction of sp³-hybridized carbons (Fsp3) is 0.588. The van der Waals surface area contributed by atoms with Crippen LogP contribution in [0.4, 0.5) is 10.1 Å². The average Bonchev–Trinajstić information content (AvgIpc) is 2.23. The van der Waals surface area contributed by atoms with Gasteiger partial charge in [-0.1, -0.05) is 27.7 Å². The van der Waals surface area contributed by atoms with Gasteiger partial charge in [-0.15, -0.1) is 0 Å². The third kappa shape index (κ3) is 3.96. The van der Waals surface area contributed by atoms with E-state index in [4.69, 9.17) is 5.11 Å². The van der Waals surface area contributed by atoms with Crippen molar-refractivity contribution >= 4 is 11.7 Å². The topological polar surface area (TPSA) is 49.3 Å². The molecule has 0 amide bonds. The number of hydrogen-bond acceptors (Lipinski definition) is 2. The lowest BCUT2D eigenvalue weighted by atomic mass is 9.63. The minimum Gasteiger partial charge on any atom is -0.478 e. The van der Waals surface area contributed by atoms with E-state index in [0.29, 0.717) is 5.69 Å². The van der Waals surface area contributed by atoms with E-state index in [2.05, 4.69) is 33.0 Å². The zero-order valence-corrected chi connectivity index (χ0v) is 13.2. The first-order chi connectivity index (χ1) is 9.58. The summed E-state index contributed by atoms with van der Waals surface area (Å²) in [4.78, 5) is 10.8. The monoisotopic (exact) mass is 293 g/mol. The molecule has 0 bridgehead atoms. The minimum absolute atomic E-state index is 0.249. The van der Waals surface area contributed by atoms with Crippen molar-refractivity contribution < 1.29 is 14.3 Å². The number of aromatic carboxylic acids is 1. The van der Waals surface area contributed by atoms with Crippen molar-refractivity contribution in [2.75, 3.05) is 5.32 Å². The SMILES string of the molecule is CC1(C)CC(Nc2ccc(C(=O)O)c(F)c2)CC(C)(C)C1. The van der Waals surface area contributed by atoms with Crippen LogP contribution in [0.1, 0.15) is 57.3 Å². The van der Waals surface area contributed by atoms with Crippen LogP contribution in [0.25, 0.3) is 0 Å². The van der Waals surface area contributed by atoms with Gasteiger partial charge in [0.25, 0.3) is 0 Å². The Morgan fingerprint density at radius 3 is 2.29 bits per heavy atom. The molecule has 0 spiro atoms. The highest BCUT2D eigenvalue weighted by atomic mass is 19.1. The molecule has 2 N–H and O–H groups in total. The van der Waals surface area contributed by atoms with Gasteiger partial charge in [-0.3, -0.25) is 0 Å². The maximum atomic E-state index is 13.7. The van der Waals surface area contributed by atoms with Crippen LogP contribution in [0.5, 0.6) is 0 Å². The maximum absolute atomic E-state index is 13.7. The summed E-state index contributed by atoms with van der Waals surface area (Å²) in [6, 6.07) is 4.51. The average molecular weight is 293 g/mol. The van der Waals surface area contributed by atoms with Gasteiger partial charge in [0.15, 0.2) is 0 Å². The van der Waals surface area contributed by atoms with Crippen LogP contribution in [0, 0.1) is 16.6 Å². The summed E-state index contributed by atoms with van der Waals surface area (Å²) in [5.41, 5.74) is 0.860. The van der Waals surface area contributed by atoms with Gasteiger partial charge in [-0.25, -0.2) is 9.18 Å². The first-order valence-corrected chi connectivity index (χ1v) is 7.37. The summed E-state index contributed by atoms with van der Waals surface area (Å²) in [7, 11) is 0. The van der Waals surface area contributed by atoms with E-state index in [0.717, 1.165) is 12.8 Å². The summed E-state index contributed by atoms with van der Waals surface area (Å²) < 4.78 is 13.7. The maximum Gasteiger partial charge on any atom is 0.338 e. The Morgan fingerprint density at radius 2 is 1.81 bits per heavy atom. The van der Waals surface area contributed by atoms with Gasteiger partial charge in [0.1, 0.15) is 5.82 Å². The van der Waals surface area contributed by atoms with Crippen LogP contribution < -0.4 is 5.32 Å². The third-order valence-corrected chi connectivity index (χ3v) is 4.13. The zero-order chi connectivity index (χ0) is 15.8. The molecule has 0 heterocycles. The third-order valence-electron chi connectivity index (χ3n) is 4.13. The van der Waals surface area contributed by atoms with E-state index in [1.54, 1.807) is 6.07 Å². The summed E-state index contributed by atoms with van der Waals surface area (Å²) in [5.74, 6) is -1.93. The van der Waals surface area contributed by atoms with Crippen molar-refractivity contribution in [1.29, 1.82) is 0 Å². The smallest absolute Gasteiger partial charge is 0.338 e. The van der Waals surface area contributed by atoms with E-state index < -0.39 is 11.8 Å². The molecule has 4 heteroatoms. The highest BCUT2D eigenvalue weighted by Gasteiger charge is 2.38. The van der Waals surface area contributed by atoms with Crippen molar-refractivity contribution in [3.63, 3.8) is 0 Å². The quantitative estimate of drug-likeness (QED) is 0.860. The molecule has 0 saturated heterocycles. The van der Waals surface area contributed by atoms with Gasteiger partial charge >= 0.3 is 5.97 Å². The lowest BCUT2D eigenvalue weighted by Gasteiger charge is -2.45. The Balaban J connectivity index is 2.14. The normalized spacial score (nSPS) is 21.0. The van der Waals surface area contributed by atoms with E-state index in [9.17, 15) is 9.18 Å². The van der Waals surface area contributed by atoms with E-state index in [1.807, 2.05) is 0 Å². The molecule has 1 aromatic rings. The lowest BCUT2D eigenvalue weighted by Crippen LogP contribution is -2.40. The molecule has 0 atom stereocenters. The van der Waals surface area contributed by atoms with Crippen molar-refractivity contribution in [2.45, 2.75) is 53.0 Å². The molecule has 1 aliphatic rings. The second kappa shape index (κ2) is 5.32. The second-order valence-electron chi connectivity index (χ2n) is 7.75. The molecule has 1 aliphatic carbocycles. The number of hydrogen-bond donors (Lipinski definition) is 2. The first kappa shape index (κ1) is 15.8. The molecule has 1 fully saturated rings. The van der Waals surface area contributed by atoms with Crippen LogP contribution in [0.15, 0.2) is 18.2 Å². The summed E-state index contributed by atoms with van der Waals surface area (Å²) in [6.45, 7) is 9.04. The predicted molar refractivity (Wildman–Crippen MR) is 82.2 cm³/mol. The predicted octanol–water partition coefficient (Wildman–Crippen LogP) is 4.54. The van der Waals surface area contributed by atoms with Crippen LogP contribution in [0.2, 0.25) is 0 Å². The van der Waals surface area contributed by atoms with Crippen molar-refractivity contribution in [2.24, 2.45) is 10.8 Å². The van der Waals surface area contributed by atoms with Crippen LogP contribution in [-0.2, 0) is 0 Å². The van der Waals surface area contributed by atoms with Gasteiger partial charge in [0, 0.05) is 11.7 Å². The Morgan fingerprint density at radius 1 is 1.24 bits per heavy atom. The first-order valence-electron chi connectivity index (χ1n) is 7.37. The second-order valence-corrected chi connectivity index (χ2v) is 7.75. The lowest BCUT2D eigenvalue weighted by molar-refractivity contribution is 0.0692. The van der Waals surface area contributed by atoms with E-state index >= 15 is 0 Å². The zero-order valence-electron chi connectivity index (χ0n) is 13.2. The highest BCUT2D eigenvalue weighted by Crippen LogP contribution is 2.46. The Kier molecular flexibility index (Phi) is 4.00. The number of carboxylic acid groups (broad SMARTS) is 1. The largest absolute Gasteiger partial charge is 0.478 e. The van der Waals surface area contributed by atoms with Crippen LogP contribution >= 0.6 is 0 Å². The molecule has 21 heavy (non-hydrogen) atoms. The number of halogens is 1. The van der Waals surface area contributed by atoms with Gasteiger partial charge in [-0.05, 0) is 48.3 Å². The molecule has 0 unspecified atom stereocenters. The molecule has 0 radical (unpaired) electrons. The van der Waals surface area contributed by atoms with Crippen molar-refractivity contribution in [3.05, 3.63) is 29.6 Å². The van der Waals surface area contributed by atoms with Crippen molar-refractivity contribution in [1.82, 2.24) is 0 Å². The summed E-state index contributed by atoms with van der Waals surface area (Å²) in [5, 5.41) is 12.2. The van der Waals surface area contributed by atoms with Crippen LogP contribution in [-0.4, -0.2) is 17.1 Å². The molecular formula is C17H24FNO2. The molecule has 116 valence electrons. The molecule has 1 aromatic carbocycles. The molecule has 3 nitrogen and oxygen atoms in total. The van der Waals surface area contributed by atoms with Gasteiger partial charge < -0.3 is 10.4 Å². The number of benzene rings is 1. The van der Waals surface area contributed by atoms with Crippen LogP contribution in [0.3, 0.4) is 0 Å². The Hall–Kier alpha value is -1.58. The fourth-order valence-electron chi connectivity index (χ4n) is 3.96. The Bertz CT molecular complexity index is 536. The van der Waals surface area contributed by atoms with Gasteiger partial charge in [-0.2, -0.15) is 0 Å². The number of rotatable bonds is 3. The van der Waals surface area contributed by atoms with Crippen molar-refractivity contribution in [3.8, 4) is 0 Å². The number of carbonyl (C=O) groups is 1. The molecule has 0 aliphatic heterocycles. The fourth-order valence-corrected chi connectivity index (χ4v) is 3.96. The summed E-state index contributed by atoms with van der Waals surface area (Å²) in [6.07, 6.45) is 3.22. The molecule has 2 rings (SSSR count). The highest BCUT2D eigenvalue weighted by molar-refractivity contribution is 5.88. The number of nitrogens with one attached hydrogen (secondary N) is 1. The van der Waals surface area contributed by atoms with E-state index in [1.165, 1.54) is 18.6 Å². The number of anilines is 1. The van der Waals surface area contributed by atoms with Gasteiger partial charge in [0.2, 0.25) is 0 Å². The molecular weight excluding hydrogens is 269 g/mol. The Labute approximate surface area is 125 Å². The minimum atomic E-state index is -1.24. The number of carboxylic acids is 1.